The zero-order valence-corrected chi connectivity index (χ0v) is 14.2. The molecule has 3 rings (SSSR count). The first kappa shape index (κ1) is 16.6. The van der Waals surface area contributed by atoms with E-state index in [4.69, 9.17) is 9.84 Å². The summed E-state index contributed by atoms with van der Waals surface area (Å²) >= 11 is 1.59. The number of carboxylic acid groups (broad SMARTS) is 1. The first-order chi connectivity index (χ1) is 11.5. The standard InChI is InChI=1S/C17H18N2O4S/c1-10-8-19(9-14(23-10)17(21)22)16(20)12-5-6-13(18-11(12)2)15-4-3-7-24-15/h3-7,10,14H,8-9H2,1-2H3,(H,21,22)/t10-,14?/m1/s1. The molecule has 3 heterocycles. The fourth-order valence-electron chi connectivity index (χ4n) is 2.77. The fraction of sp³-hybridized carbons (Fsp3) is 0.353. The number of amides is 1. The minimum Gasteiger partial charge on any atom is -0.479 e. The van der Waals surface area contributed by atoms with Gasteiger partial charge in [-0.1, -0.05) is 6.07 Å². The van der Waals surface area contributed by atoms with Gasteiger partial charge in [-0.15, -0.1) is 11.3 Å². The number of rotatable bonds is 3. The van der Waals surface area contributed by atoms with Crippen LogP contribution in [0.4, 0.5) is 0 Å². The highest BCUT2D eigenvalue weighted by atomic mass is 32.1. The van der Waals surface area contributed by atoms with Gasteiger partial charge in [-0.25, -0.2) is 4.79 Å². The number of hydrogen-bond acceptors (Lipinski definition) is 5. The van der Waals surface area contributed by atoms with Crippen LogP contribution < -0.4 is 0 Å². The smallest absolute Gasteiger partial charge is 0.334 e. The summed E-state index contributed by atoms with van der Waals surface area (Å²) in [6.07, 6.45) is -1.31. The van der Waals surface area contributed by atoms with Crippen LogP contribution in [0.25, 0.3) is 10.6 Å². The summed E-state index contributed by atoms with van der Waals surface area (Å²) < 4.78 is 5.35. The number of carboxylic acids is 1. The third kappa shape index (κ3) is 3.32. The van der Waals surface area contributed by atoms with Crippen LogP contribution in [0.1, 0.15) is 23.0 Å². The molecule has 1 N–H and O–H groups in total. The van der Waals surface area contributed by atoms with Crippen molar-refractivity contribution in [2.24, 2.45) is 0 Å². The van der Waals surface area contributed by atoms with Crippen molar-refractivity contribution in [3.8, 4) is 10.6 Å². The molecule has 0 aromatic carbocycles. The molecule has 1 amide bonds. The number of pyridine rings is 1. The van der Waals surface area contributed by atoms with Gasteiger partial charge in [-0.3, -0.25) is 9.78 Å². The lowest BCUT2D eigenvalue weighted by atomic mass is 10.1. The Bertz CT molecular complexity index is 760. The molecule has 24 heavy (non-hydrogen) atoms. The van der Waals surface area contributed by atoms with Crippen LogP contribution >= 0.6 is 11.3 Å². The number of aryl methyl sites for hydroxylation is 1. The average molecular weight is 346 g/mol. The highest BCUT2D eigenvalue weighted by molar-refractivity contribution is 7.13. The number of carbonyl (C=O) groups is 2. The minimum atomic E-state index is -1.05. The van der Waals surface area contributed by atoms with Crippen LogP contribution in [0.5, 0.6) is 0 Å². The second-order valence-corrected chi connectivity index (χ2v) is 6.74. The van der Waals surface area contributed by atoms with Gasteiger partial charge in [0, 0.05) is 6.54 Å². The molecule has 126 valence electrons. The second kappa shape index (κ2) is 6.70. The molecule has 1 aliphatic rings. The molecule has 1 saturated heterocycles. The lowest BCUT2D eigenvalue weighted by molar-refractivity contribution is -0.160. The predicted molar refractivity (Wildman–Crippen MR) is 90.2 cm³/mol. The largest absolute Gasteiger partial charge is 0.479 e. The average Bonchev–Trinajstić information content (AvgIpc) is 3.08. The lowest BCUT2D eigenvalue weighted by Gasteiger charge is -2.35. The first-order valence-electron chi connectivity index (χ1n) is 7.64. The Hall–Kier alpha value is -2.25. The number of carbonyl (C=O) groups excluding carboxylic acids is 1. The summed E-state index contributed by atoms with van der Waals surface area (Å²) in [4.78, 5) is 31.0. The van der Waals surface area contributed by atoms with E-state index in [9.17, 15) is 9.59 Å². The monoisotopic (exact) mass is 346 g/mol. The van der Waals surface area contributed by atoms with E-state index < -0.39 is 12.1 Å². The summed E-state index contributed by atoms with van der Waals surface area (Å²) in [7, 11) is 0. The van der Waals surface area contributed by atoms with Gasteiger partial charge >= 0.3 is 5.97 Å². The molecular formula is C17H18N2O4S. The van der Waals surface area contributed by atoms with Crippen molar-refractivity contribution in [1.29, 1.82) is 0 Å². The number of morpholine rings is 1. The van der Waals surface area contributed by atoms with E-state index in [0.717, 1.165) is 10.6 Å². The zero-order valence-electron chi connectivity index (χ0n) is 13.4. The van der Waals surface area contributed by atoms with Crippen molar-refractivity contribution in [2.45, 2.75) is 26.1 Å². The Balaban J connectivity index is 1.83. The maximum Gasteiger partial charge on any atom is 0.334 e. The van der Waals surface area contributed by atoms with E-state index in [1.54, 1.807) is 31.3 Å². The van der Waals surface area contributed by atoms with Crippen LogP contribution in [0, 0.1) is 6.92 Å². The quantitative estimate of drug-likeness (QED) is 0.923. The number of thiophene rings is 1. The molecule has 0 saturated carbocycles. The molecule has 7 heteroatoms. The number of nitrogens with zero attached hydrogens (tertiary/aromatic N) is 2. The van der Waals surface area contributed by atoms with Gasteiger partial charge in [0.05, 0.1) is 34.5 Å². The SMILES string of the molecule is Cc1nc(-c2cccs2)ccc1C(=O)N1CC(C(=O)O)O[C@H](C)C1. The Labute approximate surface area is 143 Å². The van der Waals surface area contributed by atoms with Crippen LogP contribution in [-0.2, 0) is 9.53 Å². The summed E-state index contributed by atoms with van der Waals surface area (Å²) in [5.74, 6) is -1.26. The summed E-state index contributed by atoms with van der Waals surface area (Å²) in [6, 6.07) is 7.52. The summed E-state index contributed by atoms with van der Waals surface area (Å²) in [6.45, 7) is 3.97. The normalized spacial score (nSPS) is 20.8. The Morgan fingerprint density at radius 2 is 2.12 bits per heavy atom. The van der Waals surface area contributed by atoms with Gasteiger partial charge in [0.2, 0.25) is 0 Å². The maximum absolute atomic E-state index is 12.8. The topological polar surface area (TPSA) is 79.7 Å². The van der Waals surface area contributed by atoms with Crippen molar-refractivity contribution in [2.75, 3.05) is 13.1 Å². The van der Waals surface area contributed by atoms with E-state index in [0.29, 0.717) is 17.8 Å². The maximum atomic E-state index is 12.8. The van der Waals surface area contributed by atoms with Gasteiger partial charge < -0.3 is 14.7 Å². The van der Waals surface area contributed by atoms with Gasteiger partial charge in [-0.2, -0.15) is 0 Å². The Morgan fingerprint density at radius 3 is 2.75 bits per heavy atom. The molecule has 0 radical (unpaired) electrons. The third-order valence-electron chi connectivity index (χ3n) is 3.91. The second-order valence-electron chi connectivity index (χ2n) is 5.79. The van der Waals surface area contributed by atoms with Crippen molar-refractivity contribution < 1.29 is 19.4 Å². The minimum absolute atomic E-state index is 0.0463. The summed E-state index contributed by atoms with van der Waals surface area (Å²) in [5.41, 5.74) is 1.96. The van der Waals surface area contributed by atoms with E-state index >= 15 is 0 Å². The fourth-order valence-corrected chi connectivity index (χ4v) is 3.47. The number of hydrogen-bond donors (Lipinski definition) is 1. The molecule has 0 bridgehead atoms. The lowest BCUT2D eigenvalue weighted by Crippen LogP contribution is -2.51. The molecule has 1 fully saturated rings. The highest BCUT2D eigenvalue weighted by Crippen LogP contribution is 2.24. The highest BCUT2D eigenvalue weighted by Gasteiger charge is 2.33. The molecule has 2 aromatic heterocycles. The van der Waals surface area contributed by atoms with Gasteiger partial charge in [-0.05, 0) is 37.4 Å². The Kier molecular flexibility index (Phi) is 4.64. The van der Waals surface area contributed by atoms with Crippen molar-refractivity contribution in [1.82, 2.24) is 9.88 Å². The van der Waals surface area contributed by atoms with Gasteiger partial charge in [0.1, 0.15) is 0 Å². The number of ether oxygens (including phenoxy) is 1. The molecule has 0 aliphatic carbocycles. The predicted octanol–water partition coefficient (Wildman–Crippen LogP) is 2.43. The molecule has 0 spiro atoms. The zero-order chi connectivity index (χ0) is 17.3. The van der Waals surface area contributed by atoms with Gasteiger partial charge in [0.25, 0.3) is 5.91 Å². The van der Waals surface area contributed by atoms with E-state index in [1.165, 1.54) is 4.90 Å². The van der Waals surface area contributed by atoms with Crippen molar-refractivity contribution in [3.05, 3.63) is 40.9 Å². The number of aliphatic carboxylic acids is 1. The van der Waals surface area contributed by atoms with Gasteiger partial charge in [0.15, 0.2) is 6.10 Å². The molecule has 1 aliphatic heterocycles. The van der Waals surface area contributed by atoms with Crippen LogP contribution in [-0.4, -0.2) is 52.2 Å². The first-order valence-corrected chi connectivity index (χ1v) is 8.52. The van der Waals surface area contributed by atoms with Crippen LogP contribution in [0.3, 0.4) is 0 Å². The van der Waals surface area contributed by atoms with E-state index in [1.807, 2.05) is 23.6 Å². The molecule has 6 nitrogen and oxygen atoms in total. The molecule has 2 atom stereocenters. The summed E-state index contributed by atoms with van der Waals surface area (Å²) in [5, 5.41) is 11.1. The molecule has 1 unspecified atom stereocenters. The van der Waals surface area contributed by atoms with Crippen LogP contribution in [0.2, 0.25) is 0 Å². The number of aromatic nitrogens is 1. The van der Waals surface area contributed by atoms with E-state index in [2.05, 4.69) is 4.98 Å². The van der Waals surface area contributed by atoms with Crippen molar-refractivity contribution in [3.63, 3.8) is 0 Å². The van der Waals surface area contributed by atoms with E-state index in [-0.39, 0.29) is 18.6 Å². The third-order valence-corrected chi connectivity index (χ3v) is 4.81. The molecular weight excluding hydrogens is 328 g/mol. The van der Waals surface area contributed by atoms with Crippen molar-refractivity contribution >= 4 is 23.2 Å². The Morgan fingerprint density at radius 1 is 1.33 bits per heavy atom. The molecule has 2 aromatic rings. The van der Waals surface area contributed by atoms with Crippen LogP contribution in [0.15, 0.2) is 29.6 Å².